The van der Waals surface area contributed by atoms with E-state index in [9.17, 15) is 4.79 Å². The summed E-state index contributed by atoms with van der Waals surface area (Å²) >= 11 is 3.13. The first kappa shape index (κ1) is 16.0. The third-order valence-corrected chi connectivity index (χ3v) is 5.71. The number of para-hydroxylation sites is 1. The molecule has 5 nitrogen and oxygen atoms in total. The molecule has 4 rings (SSSR count). The van der Waals surface area contributed by atoms with Gasteiger partial charge in [0.15, 0.2) is 0 Å². The number of aromatic nitrogens is 3. The Kier molecular flexibility index (Phi) is 4.10. The fourth-order valence-corrected chi connectivity index (χ4v) is 4.48. The fraction of sp³-hybridized carbons (Fsp3) is 0.167. The van der Waals surface area contributed by atoms with Crippen LogP contribution in [0.4, 0.5) is 5.00 Å². The van der Waals surface area contributed by atoms with Crippen molar-refractivity contribution in [3.05, 3.63) is 53.7 Å². The van der Waals surface area contributed by atoms with E-state index in [1.807, 2.05) is 43.5 Å². The number of carbonyl (C=O) groups is 1. The van der Waals surface area contributed by atoms with E-state index >= 15 is 0 Å². The van der Waals surface area contributed by atoms with Gasteiger partial charge in [-0.2, -0.15) is 5.10 Å². The van der Waals surface area contributed by atoms with Crippen molar-refractivity contribution in [2.24, 2.45) is 0 Å². The number of thiophene rings is 1. The van der Waals surface area contributed by atoms with E-state index in [-0.39, 0.29) is 11.9 Å². The van der Waals surface area contributed by atoms with Crippen LogP contribution in [0.25, 0.3) is 20.8 Å². The molecule has 3 heterocycles. The molecule has 0 saturated heterocycles. The van der Waals surface area contributed by atoms with Crippen LogP contribution < -0.4 is 5.32 Å². The zero-order chi connectivity index (χ0) is 17.4. The third-order valence-electron chi connectivity index (χ3n) is 3.81. The largest absolute Gasteiger partial charge is 0.312 e. The molecule has 0 atom stereocenters. The van der Waals surface area contributed by atoms with Crippen molar-refractivity contribution in [1.29, 1.82) is 0 Å². The van der Waals surface area contributed by atoms with Crippen LogP contribution in [0.2, 0.25) is 0 Å². The number of hydrogen-bond acceptors (Lipinski definition) is 5. The van der Waals surface area contributed by atoms with Crippen LogP contribution in [0.3, 0.4) is 0 Å². The van der Waals surface area contributed by atoms with E-state index < -0.39 is 0 Å². The summed E-state index contributed by atoms with van der Waals surface area (Å²) in [5.74, 6) is -0.156. The summed E-state index contributed by atoms with van der Waals surface area (Å²) in [6, 6.07) is 11.9. The van der Waals surface area contributed by atoms with Crippen LogP contribution >= 0.6 is 22.7 Å². The predicted octanol–water partition coefficient (Wildman–Crippen LogP) is 5.05. The summed E-state index contributed by atoms with van der Waals surface area (Å²) < 4.78 is 2.86. The highest BCUT2D eigenvalue weighted by Gasteiger charge is 2.18. The SMILES string of the molecule is CC(C)n1nccc1C(=O)Nc1sccc1-c1nc2ccccc2s1. The molecule has 1 aromatic carbocycles. The highest BCUT2D eigenvalue weighted by atomic mass is 32.1. The van der Waals surface area contributed by atoms with Gasteiger partial charge in [-0.3, -0.25) is 9.48 Å². The number of hydrogen-bond donors (Lipinski definition) is 1. The van der Waals surface area contributed by atoms with Crippen molar-refractivity contribution in [2.75, 3.05) is 5.32 Å². The zero-order valence-electron chi connectivity index (χ0n) is 13.8. The average Bonchev–Trinajstić information content (AvgIpc) is 3.32. The molecule has 7 heteroatoms. The number of fused-ring (bicyclic) bond motifs is 1. The minimum Gasteiger partial charge on any atom is -0.312 e. The quantitative estimate of drug-likeness (QED) is 0.548. The van der Waals surface area contributed by atoms with Gasteiger partial charge >= 0.3 is 0 Å². The molecule has 0 spiro atoms. The van der Waals surface area contributed by atoms with Crippen LogP contribution in [-0.4, -0.2) is 20.7 Å². The second-order valence-electron chi connectivity index (χ2n) is 5.86. The molecule has 4 aromatic rings. The van der Waals surface area contributed by atoms with Crippen molar-refractivity contribution in [2.45, 2.75) is 19.9 Å². The molecule has 1 N–H and O–H groups in total. The van der Waals surface area contributed by atoms with Crippen molar-refractivity contribution in [3.63, 3.8) is 0 Å². The van der Waals surface area contributed by atoms with Crippen LogP contribution in [0.1, 0.15) is 30.4 Å². The van der Waals surface area contributed by atoms with Crippen LogP contribution in [0.15, 0.2) is 48.0 Å². The summed E-state index contributed by atoms with van der Waals surface area (Å²) in [6.45, 7) is 4.00. The Labute approximate surface area is 153 Å². The Morgan fingerprint density at radius 2 is 2.04 bits per heavy atom. The minimum absolute atomic E-state index is 0.128. The first-order valence-corrected chi connectivity index (χ1v) is 9.61. The lowest BCUT2D eigenvalue weighted by molar-refractivity contribution is 0.101. The van der Waals surface area contributed by atoms with E-state index in [4.69, 9.17) is 0 Å². The van der Waals surface area contributed by atoms with Crippen molar-refractivity contribution >= 4 is 43.8 Å². The molecule has 0 bridgehead atoms. The average molecular weight is 368 g/mol. The minimum atomic E-state index is -0.156. The molecular weight excluding hydrogens is 352 g/mol. The monoisotopic (exact) mass is 368 g/mol. The second kappa shape index (κ2) is 6.42. The molecule has 0 aliphatic heterocycles. The van der Waals surface area contributed by atoms with Gasteiger partial charge in [0.25, 0.3) is 5.91 Å². The maximum Gasteiger partial charge on any atom is 0.274 e. The molecule has 0 unspecified atom stereocenters. The Bertz CT molecular complexity index is 1010. The first-order chi connectivity index (χ1) is 12.1. The lowest BCUT2D eigenvalue weighted by Gasteiger charge is -2.11. The number of nitrogens with one attached hydrogen (secondary N) is 1. The van der Waals surface area contributed by atoms with Crippen molar-refractivity contribution < 1.29 is 4.79 Å². The Morgan fingerprint density at radius 3 is 2.84 bits per heavy atom. The second-order valence-corrected chi connectivity index (χ2v) is 7.81. The lowest BCUT2D eigenvalue weighted by Crippen LogP contribution is -2.18. The first-order valence-electron chi connectivity index (χ1n) is 7.92. The molecule has 0 aliphatic rings. The number of anilines is 1. The van der Waals surface area contributed by atoms with Gasteiger partial charge < -0.3 is 5.32 Å². The number of thiazole rings is 1. The topological polar surface area (TPSA) is 59.8 Å². The van der Waals surface area contributed by atoms with Crippen LogP contribution in [-0.2, 0) is 0 Å². The molecule has 1 amide bonds. The highest BCUT2D eigenvalue weighted by Crippen LogP contribution is 2.37. The summed E-state index contributed by atoms with van der Waals surface area (Å²) in [6.07, 6.45) is 1.65. The Morgan fingerprint density at radius 1 is 1.20 bits per heavy atom. The maximum atomic E-state index is 12.7. The van der Waals surface area contributed by atoms with Crippen molar-refractivity contribution in [1.82, 2.24) is 14.8 Å². The maximum absolute atomic E-state index is 12.7. The smallest absolute Gasteiger partial charge is 0.274 e. The van der Waals surface area contributed by atoms with E-state index in [0.717, 1.165) is 25.8 Å². The van der Waals surface area contributed by atoms with E-state index in [1.54, 1.807) is 28.3 Å². The number of carbonyl (C=O) groups excluding carboxylic acids is 1. The number of benzene rings is 1. The van der Waals surface area contributed by atoms with Gasteiger partial charge in [0.1, 0.15) is 15.7 Å². The summed E-state index contributed by atoms with van der Waals surface area (Å²) in [7, 11) is 0. The van der Waals surface area contributed by atoms with Crippen molar-refractivity contribution in [3.8, 4) is 10.6 Å². The molecule has 126 valence electrons. The number of nitrogens with zero attached hydrogens (tertiary/aromatic N) is 3. The van der Waals surface area contributed by atoms with E-state index in [0.29, 0.717) is 5.69 Å². The zero-order valence-corrected chi connectivity index (χ0v) is 15.4. The van der Waals surface area contributed by atoms with E-state index in [2.05, 4.69) is 21.5 Å². The van der Waals surface area contributed by atoms with Gasteiger partial charge in [-0.05, 0) is 43.5 Å². The molecule has 0 fully saturated rings. The summed E-state index contributed by atoms with van der Waals surface area (Å²) in [5, 5.41) is 10.9. The number of rotatable bonds is 4. The molecule has 0 aliphatic carbocycles. The normalized spacial score (nSPS) is 11.3. The van der Waals surface area contributed by atoms with Gasteiger partial charge in [0.2, 0.25) is 0 Å². The number of amides is 1. The molecule has 25 heavy (non-hydrogen) atoms. The van der Waals surface area contributed by atoms with Crippen LogP contribution in [0, 0.1) is 0 Å². The van der Waals surface area contributed by atoms with Gasteiger partial charge in [0.05, 0.1) is 10.2 Å². The molecule has 0 saturated carbocycles. The Hall–Kier alpha value is -2.51. The lowest BCUT2D eigenvalue weighted by atomic mass is 10.3. The summed E-state index contributed by atoms with van der Waals surface area (Å²) in [5.41, 5.74) is 2.48. The Balaban J connectivity index is 1.65. The van der Waals surface area contributed by atoms with Gasteiger partial charge in [0, 0.05) is 17.8 Å². The molecular formula is C18H16N4OS2. The van der Waals surface area contributed by atoms with Gasteiger partial charge in [-0.15, -0.1) is 22.7 Å². The molecule has 3 aromatic heterocycles. The summed E-state index contributed by atoms with van der Waals surface area (Å²) in [4.78, 5) is 17.4. The predicted molar refractivity (Wildman–Crippen MR) is 103 cm³/mol. The molecule has 0 radical (unpaired) electrons. The highest BCUT2D eigenvalue weighted by molar-refractivity contribution is 7.22. The van der Waals surface area contributed by atoms with E-state index in [1.165, 1.54) is 11.3 Å². The fourth-order valence-electron chi connectivity index (χ4n) is 2.63. The standard InChI is InChI=1S/C18H16N4OS2/c1-11(2)22-14(7-9-19-22)16(23)21-17-12(8-10-24-17)18-20-13-5-3-4-6-15(13)25-18/h3-11H,1-2H3,(H,21,23). The third kappa shape index (κ3) is 2.96. The van der Waals surface area contributed by atoms with Gasteiger partial charge in [-0.25, -0.2) is 4.98 Å². The van der Waals surface area contributed by atoms with Gasteiger partial charge in [-0.1, -0.05) is 12.1 Å². The van der Waals surface area contributed by atoms with Crippen LogP contribution in [0.5, 0.6) is 0 Å².